The number of hydrogen-bond acceptors (Lipinski definition) is 4. The lowest BCUT2D eigenvalue weighted by molar-refractivity contribution is -0.133. The van der Waals surface area contributed by atoms with Crippen molar-refractivity contribution in [1.82, 2.24) is 10.2 Å². The molecule has 1 aromatic carbocycles. The maximum atomic E-state index is 12.4. The summed E-state index contributed by atoms with van der Waals surface area (Å²) in [5.41, 5.74) is 2.19. The van der Waals surface area contributed by atoms with Gasteiger partial charge >= 0.3 is 5.97 Å². The number of amides is 1. The number of benzene rings is 1. The van der Waals surface area contributed by atoms with E-state index in [9.17, 15) is 14.7 Å². The van der Waals surface area contributed by atoms with Crippen LogP contribution in [-0.2, 0) is 17.8 Å². The van der Waals surface area contributed by atoms with Crippen molar-refractivity contribution in [3.8, 4) is 0 Å². The fourth-order valence-corrected chi connectivity index (χ4v) is 3.71. The Morgan fingerprint density at radius 3 is 2.95 bits per heavy atom. The zero-order chi connectivity index (χ0) is 14.1. The number of fused-ring (bicyclic) bond motifs is 1. The Bertz CT molecular complexity index is 555. The van der Waals surface area contributed by atoms with Gasteiger partial charge in [0.1, 0.15) is 0 Å². The van der Waals surface area contributed by atoms with E-state index in [1.807, 2.05) is 11.0 Å². The Labute approximate surface area is 121 Å². The molecule has 20 heavy (non-hydrogen) atoms. The predicted molar refractivity (Wildman–Crippen MR) is 76.8 cm³/mol. The number of carbonyl (C=O) groups is 2. The number of carboxylic acid groups (broad SMARTS) is 1. The molecular formula is C14H16N2O3S. The second-order valence-electron chi connectivity index (χ2n) is 5.03. The molecule has 2 aliphatic rings. The topological polar surface area (TPSA) is 69.6 Å². The number of hydrogen-bond donors (Lipinski definition) is 2. The zero-order valence-electron chi connectivity index (χ0n) is 11.0. The minimum Gasteiger partial charge on any atom is -0.478 e. The second kappa shape index (κ2) is 5.46. The molecule has 3 rings (SSSR count). The van der Waals surface area contributed by atoms with E-state index in [4.69, 9.17) is 0 Å². The van der Waals surface area contributed by atoms with Gasteiger partial charge in [0.2, 0.25) is 5.91 Å². The quantitative estimate of drug-likeness (QED) is 0.849. The van der Waals surface area contributed by atoms with Crippen molar-refractivity contribution in [3.63, 3.8) is 0 Å². The number of carboxylic acids is 1. The van der Waals surface area contributed by atoms with Crippen LogP contribution in [0, 0.1) is 0 Å². The molecule has 1 unspecified atom stereocenters. The highest BCUT2D eigenvalue weighted by Gasteiger charge is 2.30. The van der Waals surface area contributed by atoms with Crippen LogP contribution in [0.15, 0.2) is 18.2 Å². The molecule has 0 bridgehead atoms. The van der Waals surface area contributed by atoms with E-state index in [-0.39, 0.29) is 11.9 Å². The van der Waals surface area contributed by atoms with Gasteiger partial charge in [0.15, 0.2) is 0 Å². The third kappa shape index (κ3) is 2.41. The highest BCUT2D eigenvalue weighted by atomic mass is 32.2. The van der Waals surface area contributed by atoms with E-state index in [1.165, 1.54) is 0 Å². The minimum atomic E-state index is -0.893. The van der Waals surface area contributed by atoms with Crippen molar-refractivity contribution in [1.29, 1.82) is 0 Å². The average Bonchev–Trinajstić information content (AvgIpc) is 2.99. The third-order valence-electron chi connectivity index (χ3n) is 3.82. The van der Waals surface area contributed by atoms with Crippen LogP contribution in [-0.4, -0.2) is 46.1 Å². The molecule has 0 saturated carbocycles. The van der Waals surface area contributed by atoms with Gasteiger partial charge in [-0.05, 0) is 23.6 Å². The summed E-state index contributed by atoms with van der Waals surface area (Å²) in [5, 5.41) is 12.4. The van der Waals surface area contributed by atoms with Crippen molar-refractivity contribution in [2.45, 2.75) is 19.0 Å². The van der Waals surface area contributed by atoms with E-state index in [0.717, 1.165) is 22.8 Å². The summed E-state index contributed by atoms with van der Waals surface area (Å²) in [4.78, 5) is 25.4. The van der Waals surface area contributed by atoms with Crippen molar-refractivity contribution in [2.24, 2.45) is 0 Å². The van der Waals surface area contributed by atoms with Crippen LogP contribution in [0.1, 0.15) is 21.5 Å². The lowest BCUT2D eigenvalue weighted by atomic mass is 9.94. The van der Waals surface area contributed by atoms with Crippen LogP contribution in [0.5, 0.6) is 0 Å². The van der Waals surface area contributed by atoms with Gasteiger partial charge in [-0.1, -0.05) is 12.1 Å². The maximum Gasteiger partial charge on any atom is 0.335 e. The van der Waals surface area contributed by atoms with Gasteiger partial charge in [-0.25, -0.2) is 4.79 Å². The molecule has 1 fully saturated rings. The third-order valence-corrected chi connectivity index (χ3v) is 4.76. The van der Waals surface area contributed by atoms with Crippen molar-refractivity contribution in [3.05, 3.63) is 34.9 Å². The lowest BCUT2D eigenvalue weighted by Gasteiger charge is -2.31. The molecule has 0 spiro atoms. The summed E-state index contributed by atoms with van der Waals surface area (Å²) in [5.74, 6) is 0.873. The van der Waals surface area contributed by atoms with E-state index >= 15 is 0 Å². The highest BCUT2D eigenvalue weighted by Crippen LogP contribution is 2.24. The van der Waals surface area contributed by atoms with Gasteiger partial charge < -0.3 is 10.0 Å². The Morgan fingerprint density at radius 2 is 2.25 bits per heavy atom. The monoisotopic (exact) mass is 292 g/mol. The smallest absolute Gasteiger partial charge is 0.335 e. The molecule has 1 saturated heterocycles. The van der Waals surface area contributed by atoms with E-state index in [0.29, 0.717) is 25.1 Å². The van der Waals surface area contributed by atoms with Crippen molar-refractivity contribution >= 4 is 23.6 Å². The maximum absolute atomic E-state index is 12.4. The largest absolute Gasteiger partial charge is 0.478 e. The zero-order valence-corrected chi connectivity index (χ0v) is 11.8. The summed E-state index contributed by atoms with van der Waals surface area (Å²) in [7, 11) is 0. The average molecular weight is 292 g/mol. The van der Waals surface area contributed by atoms with Crippen LogP contribution in [0.2, 0.25) is 0 Å². The number of nitrogens with zero attached hydrogens (tertiary/aromatic N) is 1. The van der Waals surface area contributed by atoms with E-state index < -0.39 is 5.97 Å². The Morgan fingerprint density at radius 1 is 1.40 bits per heavy atom. The molecule has 2 heterocycles. The molecule has 106 valence electrons. The summed E-state index contributed by atoms with van der Waals surface area (Å²) < 4.78 is 0. The van der Waals surface area contributed by atoms with Crippen LogP contribution in [0.3, 0.4) is 0 Å². The molecule has 5 nitrogen and oxygen atoms in total. The van der Waals surface area contributed by atoms with E-state index in [2.05, 4.69) is 5.32 Å². The first-order valence-corrected chi connectivity index (χ1v) is 7.76. The first kappa shape index (κ1) is 13.5. The second-order valence-corrected chi connectivity index (χ2v) is 6.06. The molecule has 0 radical (unpaired) electrons. The van der Waals surface area contributed by atoms with Gasteiger partial charge in [0.05, 0.1) is 11.6 Å². The number of nitrogens with one attached hydrogen (secondary N) is 1. The first-order valence-electron chi connectivity index (χ1n) is 6.61. The normalized spacial score (nSPS) is 21.6. The van der Waals surface area contributed by atoms with Gasteiger partial charge in [0, 0.05) is 24.7 Å². The summed E-state index contributed by atoms with van der Waals surface area (Å²) in [6.45, 7) is 1.11. The van der Waals surface area contributed by atoms with E-state index in [1.54, 1.807) is 23.9 Å². The summed E-state index contributed by atoms with van der Waals surface area (Å²) >= 11 is 1.73. The number of thioether (sulfide) groups is 1. The van der Waals surface area contributed by atoms with Gasteiger partial charge in [-0.15, -0.1) is 11.8 Å². The standard InChI is InChI=1S/C14H16N2O3S/c17-13(12-7-20-8-15-12)16-5-4-10-9(6-16)2-1-3-11(10)14(18)19/h1-3,12,15H,4-8H2,(H,18,19). The molecule has 2 N–H and O–H groups in total. The molecule has 2 aliphatic heterocycles. The van der Waals surface area contributed by atoms with Crippen LogP contribution in [0.4, 0.5) is 0 Å². The molecular weight excluding hydrogens is 276 g/mol. The molecule has 6 heteroatoms. The van der Waals surface area contributed by atoms with Crippen molar-refractivity contribution < 1.29 is 14.7 Å². The number of carbonyl (C=O) groups excluding carboxylic acids is 1. The molecule has 0 aromatic heterocycles. The van der Waals surface area contributed by atoms with Crippen molar-refractivity contribution in [2.75, 3.05) is 18.2 Å². The Kier molecular flexibility index (Phi) is 3.67. The van der Waals surface area contributed by atoms with Crippen LogP contribution < -0.4 is 5.32 Å². The fraction of sp³-hybridized carbons (Fsp3) is 0.429. The summed E-state index contributed by atoms with van der Waals surface area (Å²) in [6.07, 6.45) is 0.614. The van der Waals surface area contributed by atoms with Gasteiger partial charge in [-0.2, -0.15) is 0 Å². The number of aromatic carboxylic acids is 1. The first-order chi connectivity index (χ1) is 9.66. The molecule has 1 atom stereocenters. The highest BCUT2D eigenvalue weighted by molar-refractivity contribution is 7.99. The molecule has 0 aliphatic carbocycles. The predicted octanol–water partition coefficient (Wildman–Crippen LogP) is 0.932. The minimum absolute atomic E-state index is 0.0933. The van der Waals surface area contributed by atoms with Gasteiger partial charge in [0.25, 0.3) is 0 Å². The lowest BCUT2D eigenvalue weighted by Crippen LogP contribution is -2.46. The van der Waals surface area contributed by atoms with Crippen LogP contribution >= 0.6 is 11.8 Å². The Hall–Kier alpha value is -1.53. The molecule has 1 aromatic rings. The van der Waals surface area contributed by atoms with Gasteiger partial charge in [-0.3, -0.25) is 10.1 Å². The Balaban J connectivity index is 1.80. The van der Waals surface area contributed by atoms with Crippen LogP contribution in [0.25, 0.3) is 0 Å². The SMILES string of the molecule is O=C(O)c1cccc2c1CCN(C(=O)C1CSCN1)C2. The number of rotatable bonds is 2. The fourth-order valence-electron chi connectivity index (χ4n) is 2.77. The molecule has 1 amide bonds. The summed E-state index contributed by atoms with van der Waals surface area (Å²) in [6, 6.07) is 5.20.